The summed E-state index contributed by atoms with van der Waals surface area (Å²) in [5.41, 5.74) is 7.62. The van der Waals surface area contributed by atoms with Crippen molar-refractivity contribution in [3.63, 3.8) is 0 Å². The van der Waals surface area contributed by atoms with Gasteiger partial charge < -0.3 is 16.2 Å². The first kappa shape index (κ1) is 12.2. The zero-order chi connectivity index (χ0) is 12.3. The molecule has 0 amide bonds. The molecule has 4 N–H and O–H groups in total. The van der Waals surface area contributed by atoms with Crippen molar-refractivity contribution in [3.8, 4) is 0 Å². The molecular weight excluding hydrogens is 214 g/mol. The molecule has 2 atom stereocenters. The highest BCUT2D eigenvalue weighted by Crippen LogP contribution is 2.27. The lowest BCUT2D eigenvalue weighted by atomic mass is 9.85. The van der Waals surface area contributed by atoms with Crippen LogP contribution < -0.4 is 11.1 Å². The van der Waals surface area contributed by atoms with E-state index in [2.05, 4.69) is 10.3 Å². The summed E-state index contributed by atoms with van der Waals surface area (Å²) in [5, 5.41) is 12.8. The molecule has 1 saturated carbocycles. The van der Waals surface area contributed by atoms with Crippen LogP contribution in [-0.4, -0.2) is 22.7 Å². The normalized spacial score (nSPS) is 24.6. The van der Waals surface area contributed by atoms with E-state index in [1.165, 1.54) is 12.8 Å². The van der Waals surface area contributed by atoms with Crippen LogP contribution in [-0.2, 0) is 0 Å². The molecular formula is C13H21N3O. The van der Waals surface area contributed by atoms with Gasteiger partial charge >= 0.3 is 0 Å². The van der Waals surface area contributed by atoms with Crippen molar-refractivity contribution in [3.05, 3.63) is 17.8 Å². The molecule has 1 fully saturated rings. The second kappa shape index (κ2) is 5.36. The van der Waals surface area contributed by atoms with Crippen LogP contribution in [0.15, 0.2) is 12.3 Å². The number of hydrogen-bond acceptors (Lipinski definition) is 4. The lowest BCUT2D eigenvalue weighted by Gasteiger charge is -2.31. The SMILES string of the molecule is Cc1cnc(NC2CCCCC2CO)cc1N. The van der Waals surface area contributed by atoms with E-state index in [1.807, 2.05) is 13.0 Å². The van der Waals surface area contributed by atoms with Gasteiger partial charge in [-0.15, -0.1) is 0 Å². The van der Waals surface area contributed by atoms with Gasteiger partial charge in [-0.05, 0) is 25.3 Å². The van der Waals surface area contributed by atoms with Gasteiger partial charge in [-0.2, -0.15) is 0 Å². The summed E-state index contributed by atoms with van der Waals surface area (Å²) in [7, 11) is 0. The lowest BCUT2D eigenvalue weighted by molar-refractivity contribution is 0.178. The van der Waals surface area contributed by atoms with Gasteiger partial charge in [-0.1, -0.05) is 12.8 Å². The highest BCUT2D eigenvalue weighted by Gasteiger charge is 2.24. The summed E-state index contributed by atoms with van der Waals surface area (Å²) in [6.45, 7) is 2.20. The molecule has 2 unspecified atom stereocenters. The molecule has 0 bridgehead atoms. The molecule has 94 valence electrons. The third-order valence-corrected chi connectivity index (χ3v) is 3.62. The van der Waals surface area contributed by atoms with Crippen LogP contribution in [0.25, 0.3) is 0 Å². The first-order valence-corrected chi connectivity index (χ1v) is 6.30. The molecule has 0 radical (unpaired) electrons. The number of anilines is 2. The molecule has 1 aliphatic rings. The number of nitrogen functional groups attached to an aromatic ring is 1. The Balaban J connectivity index is 2.05. The fraction of sp³-hybridized carbons (Fsp3) is 0.615. The van der Waals surface area contributed by atoms with Crippen molar-refractivity contribution in [2.45, 2.75) is 38.6 Å². The smallest absolute Gasteiger partial charge is 0.128 e. The minimum atomic E-state index is 0.249. The van der Waals surface area contributed by atoms with Crippen molar-refractivity contribution in [2.75, 3.05) is 17.7 Å². The van der Waals surface area contributed by atoms with Gasteiger partial charge in [-0.25, -0.2) is 4.98 Å². The number of aromatic nitrogens is 1. The van der Waals surface area contributed by atoms with Crippen LogP contribution >= 0.6 is 0 Å². The Labute approximate surface area is 102 Å². The van der Waals surface area contributed by atoms with Crippen molar-refractivity contribution in [2.24, 2.45) is 5.92 Å². The second-order valence-electron chi connectivity index (χ2n) is 4.90. The highest BCUT2D eigenvalue weighted by atomic mass is 16.3. The summed E-state index contributed by atoms with van der Waals surface area (Å²) in [6, 6.07) is 2.20. The predicted molar refractivity (Wildman–Crippen MR) is 69.8 cm³/mol. The van der Waals surface area contributed by atoms with Gasteiger partial charge in [0.25, 0.3) is 0 Å². The zero-order valence-corrected chi connectivity index (χ0v) is 10.3. The topological polar surface area (TPSA) is 71.2 Å². The first-order valence-electron chi connectivity index (χ1n) is 6.30. The number of aryl methyl sites for hydroxylation is 1. The number of nitrogens with zero attached hydrogens (tertiary/aromatic N) is 1. The summed E-state index contributed by atoms with van der Waals surface area (Å²) in [5.74, 6) is 1.16. The molecule has 1 aromatic heterocycles. The predicted octanol–water partition coefficient (Wildman–Crippen LogP) is 1.94. The molecule has 4 heteroatoms. The molecule has 0 saturated heterocycles. The monoisotopic (exact) mass is 235 g/mol. The van der Waals surface area contributed by atoms with Crippen LogP contribution in [0.2, 0.25) is 0 Å². The van der Waals surface area contributed by atoms with Crippen LogP contribution in [0.1, 0.15) is 31.2 Å². The number of aliphatic hydroxyl groups excluding tert-OH is 1. The van der Waals surface area contributed by atoms with Crippen LogP contribution in [0.4, 0.5) is 11.5 Å². The van der Waals surface area contributed by atoms with E-state index >= 15 is 0 Å². The van der Waals surface area contributed by atoms with Crippen molar-refractivity contribution in [1.82, 2.24) is 4.98 Å². The Morgan fingerprint density at radius 3 is 2.94 bits per heavy atom. The van der Waals surface area contributed by atoms with E-state index in [1.54, 1.807) is 6.20 Å². The van der Waals surface area contributed by atoms with Crippen LogP contribution in [0.3, 0.4) is 0 Å². The molecule has 1 aromatic rings. The minimum Gasteiger partial charge on any atom is -0.398 e. The van der Waals surface area contributed by atoms with Crippen molar-refractivity contribution in [1.29, 1.82) is 0 Å². The molecule has 0 aliphatic heterocycles. The van der Waals surface area contributed by atoms with E-state index < -0.39 is 0 Å². The number of aliphatic hydroxyl groups is 1. The van der Waals surface area contributed by atoms with E-state index in [0.29, 0.717) is 12.0 Å². The van der Waals surface area contributed by atoms with E-state index in [-0.39, 0.29) is 6.61 Å². The Bertz CT molecular complexity index is 381. The molecule has 0 aromatic carbocycles. The Morgan fingerprint density at radius 2 is 2.24 bits per heavy atom. The molecule has 4 nitrogen and oxygen atoms in total. The highest BCUT2D eigenvalue weighted by molar-refractivity contribution is 5.53. The Morgan fingerprint density at radius 1 is 1.47 bits per heavy atom. The molecule has 2 rings (SSSR count). The largest absolute Gasteiger partial charge is 0.398 e. The standard InChI is InChI=1S/C13H21N3O/c1-9-7-15-13(6-11(9)14)16-12-5-3-2-4-10(12)8-17/h6-7,10,12,17H,2-5,8H2,1H3,(H3,14,15,16). The van der Waals surface area contributed by atoms with Crippen LogP contribution in [0.5, 0.6) is 0 Å². The maximum absolute atomic E-state index is 9.35. The quantitative estimate of drug-likeness (QED) is 0.748. The van der Waals surface area contributed by atoms with Crippen molar-refractivity contribution < 1.29 is 5.11 Å². The average molecular weight is 235 g/mol. The van der Waals surface area contributed by atoms with E-state index in [0.717, 1.165) is 29.9 Å². The lowest BCUT2D eigenvalue weighted by Crippen LogP contribution is -2.34. The second-order valence-corrected chi connectivity index (χ2v) is 4.90. The Kier molecular flexibility index (Phi) is 3.84. The first-order chi connectivity index (χ1) is 8.20. The molecule has 17 heavy (non-hydrogen) atoms. The average Bonchev–Trinajstić information content (AvgIpc) is 2.34. The van der Waals surface area contributed by atoms with Gasteiger partial charge in [-0.3, -0.25) is 0 Å². The molecule has 0 spiro atoms. The summed E-state index contributed by atoms with van der Waals surface area (Å²) >= 11 is 0. The van der Waals surface area contributed by atoms with E-state index in [9.17, 15) is 5.11 Å². The fourth-order valence-corrected chi connectivity index (χ4v) is 2.42. The number of hydrogen-bond donors (Lipinski definition) is 3. The molecule has 1 aliphatic carbocycles. The zero-order valence-electron chi connectivity index (χ0n) is 10.3. The number of nitrogens with two attached hydrogens (primary N) is 1. The minimum absolute atomic E-state index is 0.249. The van der Waals surface area contributed by atoms with Gasteiger partial charge in [0.1, 0.15) is 5.82 Å². The van der Waals surface area contributed by atoms with E-state index in [4.69, 9.17) is 5.73 Å². The summed E-state index contributed by atoms with van der Waals surface area (Å²) in [4.78, 5) is 4.33. The van der Waals surface area contributed by atoms with Gasteiger partial charge in [0.15, 0.2) is 0 Å². The number of rotatable bonds is 3. The van der Waals surface area contributed by atoms with Gasteiger partial charge in [0.05, 0.1) is 0 Å². The summed E-state index contributed by atoms with van der Waals surface area (Å²) in [6.07, 6.45) is 6.41. The fourth-order valence-electron chi connectivity index (χ4n) is 2.42. The molecule has 1 heterocycles. The van der Waals surface area contributed by atoms with Crippen molar-refractivity contribution >= 4 is 11.5 Å². The number of nitrogens with one attached hydrogen (secondary N) is 1. The maximum Gasteiger partial charge on any atom is 0.128 e. The maximum atomic E-state index is 9.35. The Hall–Kier alpha value is -1.29. The summed E-state index contributed by atoms with van der Waals surface area (Å²) < 4.78 is 0. The van der Waals surface area contributed by atoms with Crippen LogP contribution in [0, 0.1) is 12.8 Å². The third kappa shape index (κ3) is 2.88. The van der Waals surface area contributed by atoms with Gasteiger partial charge in [0.2, 0.25) is 0 Å². The van der Waals surface area contributed by atoms with Gasteiger partial charge in [0, 0.05) is 36.5 Å². The number of pyridine rings is 1. The third-order valence-electron chi connectivity index (χ3n) is 3.62.